The van der Waals surface area contributed by atoms with Gasteiger partial charge in [-0.1, -0.05) is 23.8 Å². The molecule has 150 valence electrons. The number of anilines is 1. The fourth-order valence-corrected chi connectivity index (χ4v) is 3.31. The minimum Gasteiger partial charge on any atom is -0.454 e. The molecule has 0 aliphatic carbocycles. The van der Waals surface area contributed by atoms with Crippen LogP contribution in [-0.4, -0.2) is 32.9 Å². The zero-order valence-corrected chi connectivity index (χ0v) is 15.8. The Morgan fingerprint density at radius 3 is 2.21 bits per heavy atom. The highest BCUT2D eigenvalue weighted by atomic mass is 32.2. The van der Waals surface area contributed by atoms with E-state index in [0.717, 1.165) is 23.8 Å². The van der Waals surface area contributed by atoms with Gasteiger partial charge in [0.2, 0.25) is 10.0 Å². The highest BCUT2D eigenvalue weighted by Gasteiger charge is 2.24. The summed E-state index contributed by atoms with van der Waals surface area (Å²) in [5.74, 6) is -3.98. The van der Waals surface area contributed by atoms with Crippen molar-refractivity contribution in [1.82, 2.24) is 4.72 Å². The number of benzene rings is 2. The first kappa shape index (κ1) is 21.5. The lowest BCUT2D eigenvalue weighted by Crippen LogP contribution is -2.40. The standard InChI is InChI=1S/C18H18F2N2O5S/c1-11-6-8-13(9-7-11)28(25,26)22-12(2)18(24)27-10-16(23)21-17-14(19)4-3-5-15(17)20/h3-9,12,22H,10H2,1-2H3,(H,21,23)/t12-/m0/s1. The van der Waals surface area contributed by atoms with Crippen LogP contribution in [-0.2, 0) is 24.3 Å². The van der Waals surface area contributed by atoms with Crippen LogP contribution in [0.15, 0.2) is 47.4 Å². The van der Waals surface area contributed by atoms with Gasteiger partial charge in [-0.05, 0) is 38.1 Å². The summed E-state index contributed by atoms with van der Waals surface area (Å²) in [6.45, 7) is 2.19. The first-order valence-corrected chi connectivity index (χ1v) is 9.58. The van der Waals surface area contributed by atoms with E-state index in [2.05, 4.69) is 4.72 Å². The van der Waals surface area contributed by atoms with E-state index >= 15 is 0 Å². The van der Waals surface area contributed by atoms with Gasteiger partial charge in [0.25, 0.3) is 5.91 Å². The second-order valence-corrected chi connectivity index (χ2v) is 7.62. The number of hydrogen-bond acceptors (Lipinski definition) is 5. The molecule has 0 saturated carbocycles. The number of sulfonamides is 1. The van der Waals surface area contributed by atoms with Gasteiger partial charge < -0.3 is 10.1 Å². The van der Waals surface area contributed by atoms with Crippen molar-refractivity contribution in [3.63, 3.8) is 0 Å². The van der Waals surface area contributed by atoms with Crippen LogP contribution in [0.4, 0.5) is 14.5 Å². The minimum atomic E-state index is -3.97. The van der Waals surface area contributed by atoms with E-state index in [1.807, 2.05) is 5.32 Å². The molecule has 28 heavy (non-hydrogen) atoms. The van der Waals surface area contributed by atoms with Gasteiger partial charge >= 0.3 is 5.97 Å². The summed E-state index contributed by atoms with van der Waals surface area (Å²) in [5.41, 5.74) is 0.195. The molecule has 0 radical (unpaired) electrons. The first-order valence-electron chi connectivity index (χ1n) is 8.09. The molecule has 7 nitrogen and oxygen atoms in total. The normalized spacial score (nSPS) is 12.3. The molecule has 0 spiro atoms. The Bertz CT molecular complexity index is 958. The number of aryl methyl sites for hydroxylation is 1. The van der Waals surface area contributed by atoms with Crippen LogP contribution in [0.25, 0.3) is 0 Å². The lowest BCUT2D eigenvalue weighted by atomic mass is 10.2. The predicted molar refractivity (Wildman–Crippen MR) is 96.9 cm³/mol. The van der Waals surface area contributed by atoms with E-state index in [9.17, 15) is 26.8 Å². The summed E-state index contributed by atoms with van der Waals surface area (Å²) in [4.78, 5) is 23.6. The SMILES string of the molecule is Cc1ccc(S(=O)(=O)N[C@@H](C)C(=O)OCC(=O)Nc2c(F)cccc2F)cc1. The number of carbonyl (C=O) groups excluding carboxylic acids is 2. The molecule has 0 heterocycles. The summed E-state index contributed by atoms with van der Waals surface area (Å²) < 4.78 is 58.2. The molecule has 2 aromatic carbocycles. The number of para-hydroxylation sites is 1. The van der Waals surface area contributed by atoms with Crippen molar-refractivity contribution in [1.29, 1.82) is 0 Å². The summed E-state index contributed by atoms with van der Waals surface area (Å²) in [6, 6.07) is 7.71. The van der Waals surface area contributed by atoms with Gasteiger partial charge in [-0.2, -0.15) is 4.72 Å². The number of rotatable bonds is 7. The second kappa shape index (κ2) is 8.89. The average Bonchev–Trinajstić information content (AvgIpc) is 2.62. The quantitative estimate of drug-likeness (QED) is 0.679. The van der Waals surface area contributed by atoms with Crippen LogP contribution in [0.1, 0.15) is 12.5 Å². The minimum absolute atomic E-state index is 0.0366. The fourth-order valence-electron chi connectivity index (χ4n) is 2.12. The molecular weight excluding hydrogens is 394 g/mol. The van der Waals surface area contributed by atoms with E-state index < -0.39 is 51.9 Å². The first-order chi connectivity index (χ1) is 13.1. The molecule has 0 aromatic heterocycles. The van der Waals surface area contributed by atoms with Crippen molar-refractivity contribution in [2.45, 2.75) is 24.8 Å². The molecule has 10 heteroatoms. The molecule has 0 unspecified atom stereocenters. The Balaban J connectivity index is 1.91. The van der Waals surface area contributed by atoms with Gasteiger partial charge in [-0.25, -0.2) is 17.2 Å². The van der Waals surface area contributed by atoms with Crippen LogP contribution in [0.5, 0.6) is 0 Å². The molecule has 1 atom stereocenters. The molecule has 1 amide bonds. The largest absolute Gasteiger partial charge is 0.454 e. The van der Waals surface area contributed by atoms with Gasteiger partial charge in [0.05, 0.1) is 4.90 Å². The summed E-state index contributed by atoms with van der Waals surface area (Å²) in [7, 11) is -3.97. The summed E-state index contributed by atoms with van der Waals surface area (Å²) in [5, 5.41) is 1.95. The molecule has 2 aromatic rings. The third kappa shape index (κ3) is 5.57. The smallest absolute Gasteiger partial charge is 0.324 e. The molecule has 0 bridgehead atoms. The van der Waals surface area contributed by atoms with Gasteiger partial charge in [-0.3, -0.25) is 9.59 Å². The van der Waals surface area contributed by atoms with Crippen molar-refractivity contribution in [2.75, 3.05) is 11.9 Å². The highest BCUT2D eigenvalue weighted by Crippen LogP contribution is 2.17. The van der Waals surface area contributed by atoms with Gasteiger partial charge in [0.15, 0.2) is 6.61 Å². The molecule has 0 aliphatic rings. The van der Waals surface area contributed by atoms with Crippen molar-refractivity contribution in [3.05, 3.63) is 59.7 Å². The number of halogens is 2. The maximum Gasteiger partial charge on any atom is 0.324 e. The van der Waals surface area contributed by atoms with Crippen molar-refractivity contribution < 1.29 is 31.5 Å². The average molecular weight is 412 g/mol. The van der Waals surface area contributed by atoms with Gasteiger partial charge in [0, 0.05) is 0 Å². The van der Waals surface area contributed by atoms with Crippen molar-refractivity contribution in [3.8, 4) is 0 Å². The van der Waals surface area contributed by atoms with Crippen LogP contribution in [0.2, 0.25) is 0 Å². The Morgan fingerprint density at radius 2 is 1.64 bits per heavy atom. The summed E-state index contributed by atoms with van der Waals surface area (Å²) in [6.07, 6.45) is 0. The third-order valence-electron chi connectivity index (χ3n) is 3.59. The Morgan fingerprint density at radius 1 is 1.07 bits per heavy atom. The maximum atomic E-state index is 13.5. The zero-order chi connectivity index (χ0) is 20.9. The lowest BCUT2D eigenvalue weighted by Gasteiger charge is -2.14. The number of ether oxygens (including phenoxy) is 1. The predicted octanol–water partition coefficient (Wildman–Crippen LogP) is 2.12. The zero-order valence-electron chi connectivity index (χ0n) is 15.0. The maximum absolute atomic E-state index is 13.5. The van der Waals surface area contributed by atoms with E-state index in [1.165, 1.54) is 19.1 Å². The number of amides is 1. The van der Waals surface area contributed by atoms with E-state index in [-0.39, 0.29) is 4.90 Å². The number of carbonyl (C=O) groups is 2. The van der Waals surface area contributed by atoms with Crippen LogP contribution >= 0.6 is 0 Å². The summed E-state index contributed by atoms with van der Waals surface area (Å²) >= 11 is 0. The van der Waals surface area contributed by atoms with E-state index in [0.29, 0.717) is 0 Å². The Kier molecular flexibility index (Phi) is 6.81. The van der Waals surface area contributed by atoms with Gasteiger partial charge in [0.1, 0.15) is 23.4 Å². The fraction of sp³-hybridized carbons (Fsp3) is 0.222. The van der Waals surface area contributed by atoms with E-state index in [4.69, 9.17) is 4.74 Å². The third-order valence-corrected chi connectivity index (χ3v) is 5.15. The lowest BCUT2D eigenvalue weighted by molar-refractivity contribution is -0.148. The van der Waals surface area contributed by atoms with Crippen LogP contribution in [0, 0.1) is 18.6 Å². The van der Waals surface area contributed by atoms with Crippen molar-refractivity contribution in [2.24, 2.45) is 0 Å². The Labute approximate surface area is 160 Å². The van der Waals surface area contributed by atoms with Crippen molar-refractivity contribution >= 4 is 27.6 Å². The van der Waals surface area contributed by atoms with Gasteiger partial charge in [-0.15, -0.1) is 0 Å². The molecule has 0 fully saturated rings. The van der Waals surface area contributed by atoms with E-state index in [1.54, 1.807) is 19.1 Å². The molecular formula is C18H18F2N2O5S. The number of nitrogens with one attached hydrogen (secondary N) is 2. The topological polar surface area (TPSA) is 102 Å². The number of hydrogen-bond donors (Lipinski definition) is 2. The monoisotopic (exact) mass is 412 g/mol. The Hall–Kier alpha value is -2.85. The number of esters is 1. The highest BCUT2D eigenvalue weighted by molar-refractivity contribution is 7.89. The van der Waals surface area contributed by atoms with Crippen LogP contribution in [0.3, 0.4) is 0 Å². The molecule has 0 aliphatic heterocycles. The molecule has 0 saturated heterocycles. The molecule has 2 rings (SSSR count). The van der Waals surface area contributed by atoms with Crippen LogP contribution < -0.4 is 10.0 Å². The molecule has 2 N–H and O–H groups in total. The second-order valence-electron chi connectivity index (χ2n) is 5.91.